The number of benzene rings is 7. The van der Waals surface area contributed by atoms with Crippen LogP contribution in [0.4, 0.5) is 0 Å². The number of furan rings is 1. The Kier molecular flexibility index (Phi) is 5.95. The first kappa shape index (κ1) is 28.0. The fourth-order valence-corrected chi connectivity index (χ4v) is 8.03. The SMILES string of the molecule is c1ccc(-c2nc(-c3ccc4c(c3)oc3cccc(-c5ccccc5)c34)nc(-n3c4ccccc4c4c5c(ccc43)Cc3ccccc3-5)n2)cc1. The fourth-order valence-electron chi connectivity index (χ4n) is 8.03. The smallest absolute Gasteiger partial charge is 0.238 e. The molecule has 0 saturated heterocycles. The van der Waals surface area contributed by atoms with Crippen LogP contribution in [0, 0.1) is 0 Å². The minimum Gasteiger partial charge on any atom is -0.456 e. The third-order valence-corrected chi connectivity index (χ3v) is 10.3. The quantitative estimate of drug-likeness (QED) is 0.190. The second kappa shape index (κ2) is 10.8. The Morgan fingerprint density at radius 1 is 0.451 bits per heavy atom. The Morgan fingerprint density at radius 3 is 2.04 bits per heavy atom. The largest absolute Gasteiger partial charge is 0.456 e. The average Bonchev–Trinajstić information content (AvgIpc) is 3.87. The number of nitrogens with zero attached hydrogens (tertiary/aromatic N) is 4. The van der Waals surface area contributed by atoms with Gasteiger partial charge in [0, 0.05) is 32.7 Å². The van der Waals surface area contributed by atoms with Crippen molar-refractivity contribution in [3.05, 3.63) is 169 Å². The van der Waals surface area contributed by atoms with Gasteiger partial charge in [0.2, 0.25) is 5.95 Å². The Hall–Kier alpha value is -6.85. The van der Waals surface area contributed by atoms with Crippen LogP contribution in [0.2, 0.25) is 0 Å². The molecule has 0 amide bonds. The van der Waals surface area contributed by atoms with Crippen molar-refractivity contribution in [1.29, 1.82) is 0 Å². The Labute approximate surface area is 293 Å². The molecule has 10 aromatic rings. The predicted octanol–water partition coefficient (Wildman–Crippen LogP) is 11.4. The lowest BCUT2D eigenvalue weighted by Gasteiger charge is -2.11. The summed E-state index contributed by atoms with van der Waals surface area (Å²) >= 11 is 0. The highest BCUT2D eigenvalue weighted by atomic mass is 16.3. The van der Waals surface area contributed by atoms with E-state index < -0.39 is 0 Å². The second-order valence-electron chi connectivity index (χ2n) is 13.2. The van der Waals surface area contributed by atoms with E-state index in [2.05, 4.69) is 120 Å². The van der Waals surface area contributed by atoms with Gasteiger partial charge in [-0.25, -0.2) is 4.98 Å². The van der Waals surface area contributed by atoms with Crippen molar-refractivity contribution in [2.24, 2.45) is 0 Å². The molecule has 3 aromatic heterocycles. The highest BCUT2D eigenvalue weighted by molar-refractivity contribution is 6.17. The van der Waals surface area contributed by atoms with Gasteiger partial charge in [0.15, 0.2) is 11.6 Å². The topological polar surface area (TPSA) is 56.7 Å². The van der Waals surface area contributed by atoms with Gasteiger partial charge >= 0.3 is 0 Å². The zero-order valence-corrected chi connectivity index (χ0v) is 27.4. The molecule has 1 aliphatic rings. The minimum absolute atomic E-state index is 0.576. The van der Waals surface area contributed by atoms with Crippen molar-refractivity contribution in [2.75, 3.05) is 0 Å². The van der Waals surface area contributed by atoms with Crippen LogP contribution in [0.15, 0.2) is 162 Å². The zero-order chi connectivity index (χ0) is 33.5. The third kappa shape index (κ3) is 4.25. The van der Waals surface area contributed by atoms with E-state index in [1.807, 2.05) is 42.5 Å². The predicted molar refractivity (Wildman–Crippen MR) is 206 cm³/mol. The highest BCUT2D eigenvalue weighted by Gasteiger charge is 2.26. The first-order chi connectivity index (χ1) is 25.3. The van der Waals surface area contributed by atoms with Crippen LogP contribution >= 0.6 is 0 Å². The molecule has 0 atom stereocenters. The molecule has 1 aliphatic carbocycles. The van der Waals surface area contributed by atoms with E-state index in [1.54, 1.807) is 0 Å². The molecule has 5 heteroatoms. The molecular weight excluding hydrogens is 625 g/mol. The van der Waals surface area contributed by atoms with Gasteiger partial charge in [0.05, 0.1) is 11.0 Å². The molecule has 0 fully saturated rings. The molecule has 51 heavy (non-hydrogen) atoms. The summed E-state index contributed by atoms with van der Waals surface area (Å²) in [5.74, 6) is 1.78. The molecule has 11 rings (SSSR count). The summed E-state index contributed by atoms with van der Waals surface area (Å²) in [6, 6.07) is 55.0. The molecule has 0 saturated carbocycles. The lowest BCUT2D eigenvalue weighted by atomic mass is 9.99. The lowest BCUT2D eigenvalue weighted by molar-refractivity contribution is 0.669. The van der Waals surface area contributed by atoms with Crippen LogP contribution in [0.25, 0.3) is 94.7 Å². The van der Waals surface area contributed by atoms with Gasteiger partial charge in [-0.05, 0) is 70.1 Å². The summed E-state index contributed by atoms with van der Waals surface area (Å²) < 4.78 is 8.71. The first-order valence-electron chi connectivity index (χ1n) is 17.2. The molecule has 0 unspecified atom stereocenters. The van der Waals surface area contributed by atoms with Gasteiger partial charge in [-0.15, -0.1) is 0 Å². The number of rotatable bonds is 4. The number of hydrogen-bond donors (Lipinski definition) is 0. The maximum Gasteiger partial charge on any atom is 0.238 e. The van der Waals surface area contributed by atoms with Crippen LogP contribution in [-0.2, 0) is 6.42 Å². The van der Waals surface area contributed by atoms with E-state index >= 15 is 0 Å². The van der Waals surface area contributed by atoms with Crippen LogP contribution in [0.1, 0.15) is 11.1 Å². The van der Waals surface area contributed by atoms with Crippen molar-refractivity contribution in [2.45, 2.75) is 6.42 Å². The van der Waals surface area contributed by atoms with Gasteiger partial charge in [-0.2, -0.15) is 9.97 Å². The maximum absolute atomic E-state index is 6.50. The van der Waals surface area contributed by atoms with Crippen LogP contribution in [0.3, 0.4) is 0 Å². The fraction of sp³-hybridized carbons (Fsp3) is 0.0217. The molecule has 7 aromatic carbocycles. The number of hydrogen-bond acceptors (Lipinski definition) is 4. The minimum atomic E-state index is 0.576. The third-order valence-electron chi connectivity index (χ3n) is 10.3. The van der Waals surface area contributed by atoms with E-state index in [-0.39, 0.29) is 0 Å². The summed E-state index contributed by atoms with van der Waals surface area (Å²) in [6.45, 7) is 0. The molecule has 0 spiro atoms. The molecule has 3 heterocycles. The van der Waals surface area contributed by atoms with E-state index in [4.69, 9.17) is 19.4 Å². The standard InChI is InChI=1S/C46H28N4O/c1-3-12-28(13-4-1)33-19-11-21-39-42(33)36-24-22-32(27-40(36)51-39)45-47-44(29-14-5-2-6-15-29)48-46(49-45)50-37-20-10-9-18-35(37)43-38(50)25-23-31-26-30-16-7-8-17-34(30)41(31)43/h1-25,27H,26H2. The van der Waals surface area contributed by atoms with Crippen LogP contribution < -0.4 is 0 Å². The molecule has 238 valence electrons. The number of aromatic nitrogens is 4. The number of fused-ring (bicyclic) bond motifs is 10. The lowest BCUT2D eigenvalue weighted by Crippen LogP contribution is -2.06. The molecule has 5 nitrogen and oxygen atoms in total. The van der Waals surface area contributed by atoms with E-state index in [0.29, 0.717) is 17.6 Å². The normalized spacial score (nSPS) is 12.2. The summed E-state index contributed by atoms with van der Waals surface area (Å²) in [4.78, 5) is 15.5. The van der Waals surface area contributed by atoms with Gasteiger partial charge < -0.3 is 4.42 Å². The number of para-hydroxylation sites is 1. The van der Waals surface area contributed by atoms with E-state index in [9.17, 15) is 0 Å². The van der Waals surface area contributed by atoms with E-state index in [1.165, 1.54) is 33.0 Å². The summed E-state index contributed by atoms with van der Waals surface area (Å²) in [5.41, 5.74) is 13.2. The van der Waals surface area contributed by atoms with Gasteiger partial charge in [-0.3, -0.25) is 4.57 Å². The van der Waals surface area contributed by atoms with Gasteiger partial charge in [0.1, 0.15) is 11.2 Å². The van der Waals surface area contributed by atoms with Crippen molar-refractivity contribution < 1.29 is 4.42 Å². The molecule has 0 radical (unpaired) electrons. The Bertz CT molecular complexity index is 2990. The monoisotopic (exact) mass is 652 g/mol. The first-order valence-corrected chi connectivity index (χ1v) is 17.2. The van der Waals surface area contributed by atoms with Crippen molar-refractivity contribution in [1.82, 2.24) is 19.5 Å². The second-order valence-corrected chi connectivity index (χ2v) is 13.2. The summed E-state index contributed by atoms with van der Waals surface area (Å²) in [6.07, 6.45) is 0.937. The van der Waals surface area contributed by atoms with Crippen molar-refractivity contribution in [3.8, 4) is 51.0 Å². The maximum atomic E-state index is 6.50. The average molecular weight is 653 g/mol. The zero-order valence-electron chi connectivity index (χ0n) is 27.4. The summed E-state index contributed by atoms with van der Waals surface area (Å²) in [7, 11) is 0. The molecule has 0 aliphatic heterocycles. The Morgan fingerprint density at radius 2 is 1.18 bits per heavy atom. The summed E-state index contributed by atoms with van der Waals surface area (Å²) in [5, 5.41) is 4.57. The van der Waals surface area contributed by atoms with Crippen molar-refractivity contribution in [3.63, 3.8) is 0 Å². The molecule has 0 bridgehead atoms. The van der Waals surface area contributed by atoms with Gasteiger partial charge in [-0.1, -0.05) is 127 Å². The van der Waals surface area contributed by atoms with Crippen molar-refractivity contribution >= 4 is 43.7 Å². The van der Waals surface area contributed by atoms with E-state index in [0.717, 1.165) is 61.6 Å². The van der Waals surface area contributed by atoms with Crippen LogP contribution in [-0.4, -0.2) is 19.5 Å². The van der Waals surface area contributed by atoms with Gasteiger partial charge in [0.25, 0.3) is 0 Å². The molecular formula is C46H28N4O. The Balaban J connectivity index is 1.15. The highest BCUT2D eigenvalue weighted by Crippen LogP contribution is 2.45. The van der Waals surface area contributed by atoms with Crippen LogP contribution in [0.5, 0.6) is 0 Å². The molecule has 0 N–H and O–H groups in total.